The minimum Gasteiger partial charge on any atom is -0.335 e. The number of alkyl halides is 3. The summed E-state index contributed by atoms with van der Waals surface area (Å²) in [7, 11) is 0. The van der Waals surface area contributed by atoms with Crippen LogP contribution in [0.3, 0.4) is 0 Å². The number of hydrogen-bond donors (Lipinski definition) is 2. The Bertz CT molecular complexity index is 704. The highest BCUT2D eigenvalue weighted by molar-refractivity contribution is 9.10. The van der Waals surface area contributed by atoms with Crippen molar-refractivity contribution >= 4 is 39.3 Å². The van der Waals surface area contributed by atoms with E-state index < -0.39 is 23.2 Å². The van der Waals surface area contributed by atoms with Gasteiger partial charge in [-0.15, -0.1) is 10.2 Å². The van der Waals surface area contributed by atoms with Crippen LogP contribution in [0.15, 0.2) is 33.9 Å². The molecule has 1 amide bonds. The third kappa shape index (κ3) is 4.38. The van der Waals surface area contributed by atoms with E-state index in [2.05, 4.69) is 31.4 Å². The minimum atomic E-state index is -4.70. The number of aromatic nitrogens is 3. The van der Waals surface area contributed by atoms with E-state index in [4.69, 9.17) is 5.84 Å². The molecule has 0 spiro atoms. The number of halogens is 4. The predicted octanol–water partition coefficient (Wildman–Crippen LogP) is 2.89. The van der Waals surface area contributed by atoms with Crippen LogP contribution in [0.2, 0.25) is 0 Å². The molecule has 0 fully saturated rings. The molecule has 6 nitrogen and oxygen atoms in total. The second-order valence-electron chi connectivity index (χ2n) is 4.43. The minimum absolute atomic E-state index is 0.198. The average Bonchev–Trinajstić information content (AvgIpc) is 2.82. The summed E-state index contributed by atoms with van der Waals surface area (Å²) in [6, 6.07) is 6.87. The van der Waals surface area contributed by atoms with Crippen molar-refractivity contribution in [1.29, 1.82) is 0 Å². The first-order valence-electron chi connectivity index (χ1n) is 6.19. The van der Waals surface area contributed by atoms with Crippen molar-refractivity contribution < 1.29 is 18.0 Å². The molecule has 0 aliphatic heterocycles. The molecule has 0 bridgehead atoms. The third-order valence-electron chi connectivity index (χ3n) is 2.68. The van der Waals surface area contributed by atoms with Gasteiger partial charge >= 0.3 is 6.18 Å². The predicted molar refractivity (Wildman–Crippen MR) is 83.3 cm³/mol. The van der Waals surface area contributed by atoms with Crippen LogP contribution in [0.5, 0.6) is 0 Å². The van der Waals surface area contributed by atoms with Crippen molar-refractivity contribution in [3.05, 3.63) is 34.6 Å². The Balaban J connectivity index is 2.04. The number of carbonyl (C=O) groups excluding carboxylic acids is 1. The monoisotopic (exact) mass is 409 g/mol. The fraction of sp³-hybridized carbons (Fsp3) is 0.250. The molecule has 1 atom stereocenters. The number of nitrogens with zero attached hydrogens (tertiary/aromatic N) is 3. The van der Waals surface area contributed by atoms with E-state index in [9.17, 15) is 18.0 Å². The molecule has 124 valence electrons. The summed E-state index contributed by atoms with van der Waals surface area (Å²) < 4.78 is 38.9. The maximum Gasteiger partial charge on any atom is 0.453 e. The zero-order valence-electron chi connectivity index (χ0n) is 11.6. The van der Waals surface area contributed by atoms with Crippen molar-refractivity contribution in [2.75, 3.05) is 11.2 Å². The molecule has 0 aliphatic carbocycles. The zero-order valence-corrected chi connectivity index (χ0v) is 14.0. The number of nitrogens with two attached hydrogens (primary N) is 1. The number of hydrogen-bond acceptors (Lipinski definition) is 5. The van der Waals surface area contributed by atoms with E-state index in [1.165, 1.54) is 6.92 Å². The van der Waals surface area contributed by atoms with E-state index in [1.807, 2.05) is 0 Å². The van der Waals surface area contributed by atoms with Gasteiger partial charge < -0.3 is 11.2 Å². The molecule has 23 heavy (non-hydrogen) atoms. The molecule has 1 heterocycles. The Labute approximate surface area is 141 Å². The van der Waals surface area contributed by atoms with Crippen LogP contribution < -0.4 is 11.2 Å². The van der Waals surface area contributed by atoms with Gasteiger partial charge in [0.05, 0.1) is 5.25 Å². The number of carbonyl (C=O) groups is 1. The lowest BCUT2D eigenvalue weighted by atomic mass is 10.3. The highest BCUT2D eigenvalue weighted by atomic mass is 79.9. The van der Waals surface area contributed by atoms with Crippen molar-refractivity contribution in [2.24, 2.45) is 0 Å². The van der Waals surface area contributed by atoms with Crippen molar-refractivity contribution in [3.63, 3.8) is 0 Å². The smallest absolute Gasteiger partial charge is 0.335 e. The summed E-state index contributed by atoms with van der Waals surface area (Å²) >= 11 is 4.05. The van der Waals surface area contributed by atoms with Gasteiger partial charge in [-0.2, -0.15) is 13.2 Å². The highest BCUT2D eigenvalue weighted by Gasteiger charge is 2.38. The van der Waals surface area contributed by atoms with Crippen LogP contribution in [0.4, 0.5) is 18.9 Å². The van der Waals surface area contributed by atoms with Crippen LogP contribution in [-0.4, -0.2) is 26.0 Å². The van der Waals surface area contributed by atoms with E-state index in [-0.39, 0.29) is 5.16 Å². The van der Waals surface area contributed by atoms with Crippen molar-refractivity contribution in [3.8, 4) is 0 Å². The van der Waals surface area contributed by atoms with Crippen LogP contribution in [0.25, 0.3) is 0 Å². The van der Waals surface area contributed by atoms with Gasteiger partial charge in [-0.1, -0.05) is 27.7 Å². The van der Waals surface area contributed by atoms with Gasteiger partial charge in [0.2, 0.25) is 11.1 Å². The van der Waals surface area contributed by atoms with E-state index >= 15 is 0 Å². The molecule has 2 aromatic rings. The molecule has 1 aromatic carbocycles. The Morgan fingerprint density at radius 1 is 1.35 bits per heavy atom. The molecule has 0 radical (unpaired) electrons. The van der Waals surface area contributed by atoms with Crippen molar-refractivity contribution in [2.45, 2.75) is 23.5 Å². The van der Waals surface area contributed by atoms with Crippen LogP contribution >= 0.6 is 27.7 Å². The number of thioether (sulfide) groups is 1. The molecule has 11 heteroatoms. The molecule has 0 saturated carbocycles. The molecule has 0 saturated heterocycles. The first-order chi connectivity index (χ1) is 10.7. The zero-order chi connectivity index (χ0) is 17.2. The standard InChI is InChI=1S/C12H11BrF3N5OS/c1-6(9(22)18-8-4-2-7(13)3-5-8)23-11-20-19-10(21(11)17)12(14,15)16/h2-6H,17H2,1H3,(H,18,22)/t6-/m1/s1. The molecule has 1 aromatic heterocycles. The number of amides is 1. The maximum absolute atomic E-state index is 12.6. The summed E-state index contributed by atoms with van der Waals surface area (Å²) in [6.07, 6.45) is -4.70. The summed E-state index contributed by atoms with van der Waals surface area (Å²) in [5, 5.41) is 8.10. The Morgan fingerprint density at radius 3 is 2.48 bits per heavy atom. The molecule has 3 N–H and O–H groups in total. The lowest BCUT2D eigenvalue weighted by Gasteiger charge is -2.12. The molecule has 0 unspecified atom stereocenters. The summed E-state index contributed by atoms with van der Waals surface area (Å²) in [5.74, 6) is 3.61. The van der Waals surface area contributed by atoms with Crippen LogP contribution in [-0.2, 0) is 11.0 Å². The Morgan fingerprint density at radius 2 is 1.96 bits per heavy atom. The van der Waals surface area contributed by atoms with E-state index in [1.54, 1.807) is 24.3 Å². The van der Waals surface area contributed by atoms with Crippen LogP contribution in [0.1, 0.15) is 12.7 Å². The quantitative estimate of drug-likeness (QED) is 0.598. The molecular formula is C12H11BrF3N5OS. The highest BCUT2D eigenvalue weighted by Crippen LogP contribution is 2.30. The summed E-state index contributed by atoms with van der Waals surface area (Å²) in [6.45, 7) is 1.53. The fourth-order valence-electron chi connectivity index (χ4n) is 1.54. The summed E-state index contributed by atoms with van der Waals surface area (Å²) in [5.41, 5.74) is 0.566. The number of nitrogen functional groups attached to an aromatic ring is 1. The number of benzene rings is 1. The largest absolute Gasteiger partial charge is 0.453 e. The topological polar surface area (TPSA) is 85.8 Å². The molecule has 2 rings (SSSR count). The van der Waals surface area contributed by atoms with E-state index in [0.29, 0.717) is 10.4 Å². The van der Waals surface area contributed by atoms with E-state index in [0.717, 1.165) is 16.2 Å². The van der Waals surface area contributed by atoms with Gasteiger partial charge in [-0.3, -0.25) is 4.79 Å². The van der Waals surface area contributed by atoms with Crippen molar-refractivity contribution in [1.82, 2.24) is 14.9 Å². The summed E-state index contributed by atoms with van der Waals surface area (Å²) in [4.78, 5) is 12.1. The van der Waals surface area contributed by atoms with Gasteiger partial charge in [0.1, 0.15) is 0 Å². The van der Waals surface area contributed by atoms with Gasteiger partial charge in [-0.25, -0.2) is 4.68 Å². The second kappa shape index (κ2) is 6.79. The maximum atomic E-state index is 12.6. The first-order valence-corrected chi connectivity index (χ1v) is 7.86. The van der Waals surface area contributed by atoms with Gasteiger partial charge in [0.15, 0.2) is 0 Å². The van der Waals surface area contributed by atoms with Gasteiger partial charge in [0, 0.05) is 10.2 Å². The Kier molecular flexibility index (Phi) is 5.19. The Hall–Kier alpha value is -1.75. The van der Waals surface area contributed by atoms with Gasteiger partial charge in [-0.05, 0) is 31.2 Å². The lowest BCUT2D eigenvalue weighted by Crippen LogP contribution is -2.25. The fourth-order valence-corrected chi connectivity index (χ4v) is 2.57. The molecule has 0 aliphatic rings. The SMILES string of the molecule is C[C@@H](Sc1nnc(C(F)(F)F)n1N)C(=O)Nc1ccc(Br)cc1. The number of nitrogens with one attached hydrogen (secondary N) is 1. The lowest BCUT2D eigenvalue weighted by molar-refractivity contribution is -0.146. The second-order valence-corrected chi connectivity index (χ2v) is 6.65. The number of rotatable bonds is 4. The number of anilines is 1. The molecular weight excluding hydrogens is 399 g/mol. The third-order valence-corrected chi connectivity index (χ3v) is 4.27. The average molecular weight is 410 g/mol. The van der Waals surface area contributed by atoms with Crippen LogP contribution in [0, 0.1) is 0 Å². The first kappa shape index (κ1) is 17.6. The normalized spacial score (nSPS) is 12.9. The van der Waals surface area contributed by atoms with Gasteiger partial charge in [0.25, 0.3) is 5.82 Å².